The average molecular weight is 377 g/mol. The highest BCUT2D eigenvalue weighted by atomic mass is 32.2. The first-order valence-corrected chi connectivity index (χ1v) is 9.67. The minimum Gasteiger partial charge on any atom is -0.457 e. The molecule has 0 aliphatic carbocycles. The molecule has 25 heavy (non-hydrogen) atoms. The zero-order chi connectivity index (χ0) is 18.4. The van der Waals surface area contributed by atoms with Crippen LogP contribution < -0.4 is 0 Å². The van der Waals surface area contributed by atoms with Crippen LogP contribution in [0.2, 0.25) is 0 Å². The molecule has 1 aromatic heterocycles. The van der Waals surface area contributed by atoms with Crippen LogP contribution in [0.4, 0.5) is 0 Å². The summed E-state index contributed by atoms with van der Waals surface area (Å²) in [4.78, 5) is 28.7. The summed E-state index contributed by atoms with van der Waals surface area (Å²) < 4.78 is 4.96. The van der Waals surface area contributed by atoms with Crippen molar-refractivity contribution in [1.29, 1.82) is 5.26 Å². The molecule has 1 saturated heterocycles. The molecule has 1 aliphatic heterocycles. The zero-order valence-electron chi connectivity index (χ0n) is 14.3. The highest BCUT2D eigenvalue weighted by Crippen LogP contribution is 2.39. The molecule has 1 aliphatic rings. The number of esters is 1. The van der Waals surface area contributed by atoms with Crippen LogP contribution in [0.15, 0.2) is 35.4 Å². The maximum absolute atomic E-state index is 12.6. The first-order valence-electron chi connectivity index (χ1n) is 7.97. The molecular formula is C18H20N2O3S2. The van der Waals surface area contributed by atoms with Gasteiger partial charge in [0.25, 0.3) is 0 Å². The standard InChI is InChI=1S/C18H20N2O3S2/c1-4-10-23-18(22)14(11-19)17-20(5-2)16(21)15(25-17)9-8-13-7-6-12(3)24-13/h4,6-7,15H,1,5,8-10H2,2-3H3/b17-14-. The third-order valence-electron chi connectivity index (χ3n) is 3.67. The maximum atomic E-state index is 12.6. The Balaban J connectivity index is 2.17. The molecule has 1 atom stereocenters. The quantitative estimate of drug-likeness (QED) is 0.316. The van der Waals surface area contributed by atoms with Gasteiger partial charge in [0.2, 0.25) is 5.91 Å². The van der Waals surface area contributed by atoms with E-state index in [0.717, 1.165) is 6.42 Å². The minimum atomic E-state index is -0.717. The van der Waals surface area contributed by atoms with Gasteiger partial charge in [-0.15, -0.1) is 11.3 Å². The molecule has 1 fully saturated rings. The number of ether oxygens (including phenoxy) is 1. The molecule has 1 unspecified atom stereocenters. The summed E-state index contributed by atoms with van der Waals surface area (Å²) in [5, 5.41) is 9.48. The lowest BCUT2D eigenvalue weighted by molar-refractivity contribution is -0.137. The van der Waals surface area contributed by atoms with Crippen LogP contribution in [-0.2, 0) is 20.7 Å². The first-order chi connectivity index (χ1) is 12.0. The monoisotopic (exact) mass is 376 g/mol. The lowest BCUT2D eigenvalue weighted by Crippen LogP contribution is -2.29. The molecule has 0 spiro atoms. The lowest BCUT2D eigenvalue weighted by Gasteiger charge is -2.15. The lowest BCUT2D eigenvalue weighted by atomic mass is 10.2. The van der Waals surface area contributed by atoms with Crippen molar-refractivity contribution in [2.75, 3.05) is 13.2 Å². The maximum Gasteiger partial charge on any atom is 0.351 e. The Bertz CT molecular complexity index is 746. The summed E-state index contributed by atoms with van der Waals surface area (Å²) in [5.74, 6) is -0.772. The molecule has 0 radical (unpaired) electrons. The fourth-order valence-electron chi connectivity index (χ4n) is 2.48. The number of hydrogen-bond donors (Lipinski definition) is 0. The second kappa shape index (κ2) is 8.88. The Morgan fingerprint density at radius 2 is 2.28 bits per heavy atom. The fourth-order valence-corrected chi connectivity index (χ4v) is 4.71. The van der Waals surface area contributed by atoms with Gasteiger partial charge in [-0.1, -0.05) is 24.4 Å². The fraction of sp³-hybridized carbons (Fsp3) is 0.389. The predicted molar refractivity (Wildman–Crippen MR) is 99.9 cm³/mol. The van der Waals surface area contributed by atoms with Crippen LogP contribution >= 0.6 is 23.1 Å². The molecule has 0 aromatic carbocycles. The number of nitriles is 1. The van der Waals surface area contributed by atoms with E-state index < -0.39 is 5.97 Å². The second-order valence-electron chi connectivity index (χ2n) is 5.42. The number of carbonyl (C=O) groups is 2. The van der Waals surface area contributed by atoms with E-state index in [1.54, 1.807) is 11.3 Å². The van der Waals surface area contributed by atoms with Crippen molar-refractivity contribution in [2.24, 2.45) is 0 Å². The number of carbonyl (C=O) groups excluding carboxylic acids is 2. The smallest absolute Gasteiger partial charge is 0.351 e. The van der Waals surface area contributed by atoms with Crippen LogP contribution in [0, 0.1) is 18.3 Å². The van der Waals surface area contributed by atoms with Crippen molar-refractivity contribution in [2.45, 2.75) is 31.9 Å². The van der Waals surface area contributed by atoms with Gasteiger partial charge < -0.3 is 9.64 Å². The summed E-state index contributed by atoms with van der Waals surface area (Å²) >= 11 is 3.01. The Labute approximate surface area is 156 Å². The largest absolute Gasteiger partial charge is 0.457 e. The summed E-state index contributed by atoms with van der Waals surface area (Å²) in [6.45, 7) is 7.80. The van der Waals surface area contributed by atoms with Crippen molar-refractivity contribution in [3.63, 3.8) is 0 Å². The van der Waals surface area contributed by atoms with Gasteiger partial charge in [-0.05, 0) is 38.8 Å². The summed E-state index contributed by atoms with van der Waals surface area (Å²) in [6, 6.07) is 6.03. The molecule has 2 heterocycles. The molecular weight excluding hydrogens is 356 g/mol. The van der Waals surface area contributed by atoms with Gasteiger partial charge in [-0.25, -0.2) is 4.79 Å². The Morgan fingerprint density at radius 1 is 1.52 bits per heavy atom. The van der Waals surface area contributed by atoms with E-state index in [2.05, 4.69) is 25.6 Å². The van der Waals surface area contributed by atoms with Crippen molar-refractivity contribution in [1.82, 2.24) is 4.90 Å². The van der Waals surface area contributed by atoms with Gasteiger partial charge in [0.05, 0.1) is 5.25 Å². The predicted octanol–water partition coefficient (Wildman–Crippen LogP) is 3.42. The van der Waals surface area contributed by atoms with E-state index in [4.69, 9.17) is 4.74 Å². The van der Waals surface area contributed by atoms with Crippen LogP contribution in [0.25, 0.3) is 0 Å². The third-order valence-corrected chi connectivity index (χ3v) is 6.10. The molecule has 7 heteroatoms. The SMILES string of the molecule is C=CCOC(=O)/C(C#N)=C1\SC(CCc2ccc(C)s2)C(=O)N1CC. The van der Waals surface area contributed by atoms with Crippen molar-refractivity contribution >= 4 is 35.0 Å². The van der Waals surface area contributed by atoms with Gasteiger partial charge in [-0.3, -0.25) is 4.79 Å². The number of nitrogens with zero attached hydrogens (tertiary/aromatic N) is 2. The molecule has 2 rings (SSSR count). The summed E-state index contributed by atoms with van der Waals surface area (Å²) in [7, 11) is 0. The first kappa shape index (κ1) is 19.3. The topological polar surface area (TPSA) is 70.4 Å². The molecule has 1 aromatic rings. The molecule has 5 nitrogen and oxygen atoms in total. The molecule has 0 saturated carbocycles. The van der Waals surface area contributed by atoms with Gasteiger partial charge in [-0.2, -0.15) is 5.26 Å². The highest BCUT2D eigenvalue weighted by Gasteiger charge is 2.39. The van der Waals surface area contributed by atoms with Crippen LogP contribution in [0.3, 0.4) is 0 Å². The average Bonchev–Trinajstić information content (AvgIpc) is 3.15. The van der Waals surface area contributed by atoms with E-state index in [1.807, 2.05) is 13.0 Å². The number of hydrogen-bond acceptors (Lipinski definition) is 6. The van der Waals surface area contributed by atoms with E-state index in [0.29, 0.717) is 18.0 Å². The Hall–Kier alpha value is -2.04. The molecule has 0 N–H and O–H groups in total. The number of amides is 1. The number of rotatable bonds is 7. The molecule has 132 valence electrons. The number of thioether (sulfide) groups is 1. The van der Waals surface area contributed by atoms with Crippen LogP contribution in [0.1, 0.15) is 23.1 Å². The zero-order valence-corrected chi connectivity index (χ0v) is 15.9. The van der Waals surface area contributed by atoms with Gasteiger partial charge in [0, 0.05) is 16.3 Å². The van der Waals surface area contributed by atoms with Crippen LogP contribution in [-0.4, -0.2) is 35.2 Å². The number of aryl methyl sites for hydroxylation is 2. The van der Waals surface area contributed by atoms with Crippen molar-refractivity contribution in [3.8, 4) is 6.07 Å². The summed E-state index contributed by atoms with van der Waals surface area (Å²) in [5.41, 5.74) is -0.114. The normalized spacial score (nSPS) is 18.8. The van der Waals surface area contributed by atoms with E-state index >= 15 is 0 Å². The third kappa shape index (κ3) is 4.53. The van der Waals surface area contributed by atoms with Crippen LogP contribution in [0.5, 0.6) is 0 Å². The van der Waals surface area contributed by atoms with E-state index in [1.165, 1.54) is 32.5 Å². The van der Waals surface area contributed by atoms with E-state index in [9.17, 15) is 14.9 Å². The van der Waals surface area contributed by atoms with Gasteiger partial charge in [0.1, 0.15) is 17.7 Å². The highest BCUT2D eigenvalue weighted by molar-refractivity contribution is 8.04. The molecule has 0 bridgehead atoms. The van der Waals surface area contributed by atoms with Gasteiger partial charge in [0.15, 0.2) is 5.57 Å². The Morgan fingerprint density at radius 3 is 2.84 bits per heavy atom. The van der Waals surface area contributed by atoms with Crippen molar-refractivity contribution in [3.05, 3.63) is 45.1 Å². The van der Waals surface area contributed by atoms with Gasteiger partial charge >= 0.3 is 5.97 Å². The summed E-state index contributed by atoms with van der Waals surface area (Å²) in [6.07, 6.45) is 2.91. The Kier molecular flexibility index (Phi) is 6.85. The number of thiophene rings is 1. The van der Waals surface area contributed by atoms with E-state index in [-0.39, 0.29) is 23.3 Å². The van der Waals surface area contributed by atoms with Crippen molar-refractivity contribution < 1.29 is 14.3 Å². The minimum absolute atomic E-state index is 0.0309. The second-order valence-corrected chi connectivity index (χ2v) is 7.98. The molecule has 1 amide bonds.